The van der Waals surface area contributed by atoms with Crippen molar-refractivity contribution in [1.29, 1.82) is 0 Å². The summed E-state index contributed by atoms with van der Waals surface area (Å²) in [4.78, 5) is 0. The molecule has 0 saturated carbocycles. The van der Waals surface area contributed by atoms with Gasteiger partial charge in [0, 0.05) is 0 Å². The number of rotatable bonds is 10. The smallest absolute Gasteiger partial charge is 0.0783 e. The maximum absolute atomic E-state index is 2.45. The van der Waals surface area contributed by atoms with Gasteiger partial charge in [-0.15, -0.1) is 0 Å². The summed E-state index contributed by atoms with van der Waals surface area (Å²) in [6.45, 7) is 8.42. The average Bonchev–Trinajstić information content (AvgIpc) is 2.23. The van der Waals surface area contributed by atoms with Gasteiger partial charge in [0.2, 0.25) is 0 Å². The van der Waals surface area contributed by atoms with Crippen LogP contribution in [0, 0.1) is 11.8 Å². The van der Waals surface area contributed by atoms with Crippen molar-refractivity contribution < 1.29 is 4.48 Å². The van der Waals surface area contributed by atoms with Crippen LogP contribution in [0.25, 0.3) is 0 Å². The van der Waals surface area contributed by atoms with Crippen LogP contribution in [0.5, 0.6) is 0 Å². The fourth-order valence-electron chi connectivity index (χ4n) is 2.49. The van der Waals surface area contributed by atoms with Crippen molar-refractivity contribution in [2.75, 3.05) is 27.7 Å². The Morgan fingerprint density at radius 1 is 0.941 bits per heavy atom. The SMILES string of the molecule is CCCCCC(C)CC(CC)CC[N+](C)(C)C. The molecular weight excluding hydrogens is 206 g/mol. The van der Waals surface area contributed by atoms with Gasteiger partial charge in [0.25, 0.3) is 0 Å². The van der Waals surface area contributed by atoms with E-state index in [4.69, 9.17) is 0 Å². The monoisotopic (exact) mass is 242 g/mol. The van der Waals surface area contributed by atoms with Crippen LogP contribution >= 0.6 is 0 Å². The molecule has 0 bridgehead atoms. The lowest BCUT2D eigenvalue weighted by atomic mass is 9.88. The molecule has 0 rings (SSSR count). The molecule has 0 aromatic carbocycles. The Bertz CT molecular complexity index is 169. The molecule has 0 aliphatic heterocycles. The van der Waals surface area contributed by atoms with Gasteiger partial charge in [0.1, 0.15) is 0 Å². The molecule has 1 nitrogen and oxygen atoms in total. The highest BCUT2D eigenvalue weighted by Crippen LogP contribution is 2.23. The molecule has 0 radical (unpaired) electrons. The van der Waals surface area contributed by atoms with Crippen molar-refractivity contribution in [3.05, 3.63) is 0 Å². The van der Waals surface area contributed by atoms with E-state index in [0.29, 0.717) is 0 Å². The molecular formula is C16H36N+. The van der Waals surface area contributed by atoms with Crippen LogP contribution in [-0.2, 0) is 0 Å². The lowest BCUT2D eigenvalue weighted by Crippen LogP contribution is -2.36. The first-order valence-corrected chi connectivity index (χ1v) is 7.69. The number of hydrogen-bond donors (Lipinski definition) is 0. The van der Waals surface area contributed by atoms with Gasteiger partial charge in [-0.2, -0.15) is 0 Å². The molecule has 0 heterocycles. The van der Waals surface area contributed by atoms with Crippen LogP contribution in [0.1, 0.15) is 65.7 Å². The van der Waals surface area contributed by atoms with Crippen LogP contribution in [0.15, 0.2) is 0 Å². The minimum atomic E-state index is 0.930. The first-order valence-electron chi connectivity index (χ1n) is 7.69. The highest BCUT2D eigenvalue weighted by atomic mass is 15.3. The van der Waals surface area contributed by atoms with Crippen LogP contribution < -0.4 is 0 Å². The number of nitrogens with zero attached hydrogens (tertiary/aromatic N) is 1. The van der Waals surface area contributed by atoms with Gasteiger partial charge in [-0.1, -0.05) is 52.9 Å². The van der Waals surface area contributed by atoms with E-state index >= 15 is 0 Å². The second-order valence-electron chi connectivity index (χ2n) is 6.91. The normalized spacial score (nSPS) is 15.9. The molecule has 2 atom stereocenters. The number of quaternary nitrogens is 1. The summed E-state index contributed by atoms with van der Waals surface area (Å²) < 4.78 is 1.11. The van der Waals surface area contributed by atoms with E-state index in [9.17, 15) is 0 Å². The molecule has 0 N–H and O–H groups in total. The molecule has 0 aliphatic carbocycles. The first kappa shape index (κ1) is 17.0. The molecule has 0 spiro atoms. The number of unbranched alkanes of at least 4 members (excludes halogenated alkanes) is 2. The molecule has 2 unspecified atom stereocenters. The minimum absolute atomic E-state index is 0.930. The Morgan fingerprint density at radius 3 is 2.06 bits per heavy atom. The highest BCUT2D eigenvalue weighted by molar-refractivity contribution is 4.63. The van der Waals surface area contributed by atoms with E-state index in [1.165, 1.54) is 51.5 Å². The largest absolute Gasteiger partial charge is 0.331 e. The Balaban J connectivity index is 3.79. The molecule has 0 aromatic rings. The summed E-state index contributed by atoms with van der Waals surface area (Å²) in [7, 11) is 6.91. The highest BCUT2D eigenvalue weighted by Gasteiger charge is 2.15. The summed E-state index contributed by atoms with van der Waals surface area (Å²) >= 11 is 0. The zero-order valence-electron chi connectivity index (χ0n) is 13.3. The van der Waals surface area contributed by atoms with E-state index in [0.717, 1.165) is 16.3 Å². The van der Waals surface area contributed by atoms with Gasteiger partial charge in [-0.25, -0.2) is 0 Å². The van der Waals surface area contributed by atoms with Crippen molar-refractivity contribution in [2.45, 2.75) is 65.7 Å². The molecule has 0 saturated heterocycles. The molecule has 0 aromatic heterocycles. The average molecular weight is 242 g/mol. The zero-order chi connectivity index (χ0) is 13.3. The molecule has 0 amide bonds. The van der Waals surface area contributed by atoms with E-state index in [-0.39, 0.29) is 0 Å². The van der Waals surface area contributed by atoms with E-state index in [2.05, 4.69) is 41.9 Å². The second kappa shape index (κ2) is 8.97. The Kier molecular flexibility index (Phi) is 8.94. The van der Waals surface area contributed by atoms with Crippen LogP contribution in [0.4, 0.5) is 0 Å². The fourth-order valence-corrected chi connectivity index (χ4v) is 2.49. The topological polar surface area (TPSA) is 0 Å². The lowest BCUT2D eigenvalue weighted by Gasteiger charge is -2.27. The van der Waals surface area contributed by atoms with Gasteiger partial charge >= 0.3 is 0 Å². The molecule has 0 fully saturated rings. The third-order valence-electron chi connectivity index (χ3n) is 3.82. The molecule has 17 heavy (non-hydrogen) atoms. The Hall–Kier alpha value is -0.0400. The van der Waals surface area contributed by atoms with Crippen LogP contribution in [-0.4, -0.2) is 32.2 Å². The first-order chi connectivity index (χ1) is 7.89. The molecule has 1 heteroatoms. The van der Waals surface area contributed by atoms with E-state index < -0.39 is 0 Å². The summed E-state index contributed by atoms with van der Waals surface area (Å²) in [5.41, 5.74) is 0. The van der Waals surface area contributed by atoms with Gasteiger partial charge < -0.3 is 4.48 Å². The Labute approximate surface area is 110 Å². The quantitative estimate of drug-likeness (QED) is 0.384. The van der Waals surface area contributed by atoms with Crippen molar-refractivity contribution in [3.8, 4) is 0 Å². The Morgan fingerprint density at radius 2 is 1.59 bits per heavy atom. The van der Waals surface area contributed by atoms with Gasteiger partial charge in [-0.05, 0) is 24.7 Å². The summed E-state index contributed by atoms with van der Waals surface area (Å²) in [5, 5.41) is 0. The summed E-state index contributed by atoms with van der Waals surface area (Å²) in [5.74, 6) is 1.88. The third kappa shape index (κ3) is 10.8. The van der Waals surface area contributed by atoms with E-state index in [1.54, 1.807) is 0 Å². The van der Waals surface area contributed by atoms with Crippen molar-refractivity contribution in [1.82, 2.24) is 0 Å². The predicted octanol–water partition coefficient (Wildman–Crippen LogP) is 4.72. The van der Waals surface area contributed by atoms with Crippen molar-refractivity contribution in [2.24, 2.45) is 11.8 Å². The maximum atomic E-state index is 2.45. The minimum Gasteiger partial charge on any atom is -0.331 e. The summed E-state index contributed by atoms with van der Waals surface area (Å²) in [6.07, 6.45) is 9.85. The van der Waals surface area contributed by atoms with Gasteiger partial charge in [0.15, 0.2) is 0 Å². The van der Waals surface area contributed by atoms with Crippen molar-refractivity contribution in [3.63, 3.8) is 0 Å². The third-order valence-corrected chi connectivity index (χ3v) is 3.82. The number of hydrogen-bond acceptors (Lipinski definition) is 0. The van der Waals surface area contributed by atoms with Crippen LogP contribution in [0.3, 0.4) is 0 Å². The second-order valence-corrected chi connectivity index (χ2v) is 6.91. The predicted molar refractivity (Wildman–Crippen MR) is 79.2 cm³/mol. The van der Waals surface area contributed by atoms with E-state index in [1.807, 2.05) is 0 Å². The molecule has 0 aliphatic rings. The summed E-state index contributed by atoms with van der Waals surface area (Å²) in [6, 6.07) is 0. The maximum Gasteiger partial charge on any atom is 0.0783 e. The van der Waals surface area contributed by atoms with Gasteiger partial charge in [0.05, 0.1) is 27.7 Å². The fraction of sp³-hybridized carbons (Fsp3) is 1.00. The molecule has 104 valence electrons. The van der Waals surface area contributed by atoms with Crippen molar-refractivity contribution >= 4 is 0 Å². The van der Waals surface area contributed by atoms with Crippen LogP contribution in [0.2, 0.25) is 0 Å². The standard InChI is InChI=1S/C16H36N/c1-7-9-10-11-15(3)14-16(8-2)12-13-17(4,5)6/h15-16H,7-14H2,1-6H3/q+1. The lowest BCUT2D eigenvalue weighted by molar-refractivity contribution is -0.871. The van der Waals surface area contributed by atoms with Gasteiger partial charge in [-0.3, -0.25) is 0 Å². The zero-order valence-corrected chi connectivity index (χ0v) is 13.3.